The zero-order valence-electron chi connectivity index (χ0n) is 15.4. The standard InChI is InChI=1S/C22H28N2O2/c25-20-2-1-7-24(20)14-15-3-5-19(6-4-15)21(26)23-22-11-16-8-17(12-22)10-18(9-16)13-22/h3-6,16-18H,1-2,7-14H2,(H,23,26). The lowest BCUT2D eigenvalue weighted by Gasteiger charge is -2.56. The largest absolute Gasteiger partial charge is 0.347 e. The van der Waals surface area contributed by atoms with E-state index >= 15 is 0 Å². The second-order valence-corrected chi connectivity index (χ2v) is 9.27. The third kappa shape index (κ3) is 2.93. The van der Waals surface area contributed by atoms with Gasteiger partial charge in [0.05, 0.1) is 0 Å². The van der Waals surface area contributed by atoms with Crippen molar-refractivity contribution in [2.45, 2.75) is 63.5 Å². The van der Waals surface area contributed by atoms with Crippen molar-refractivity contribution in [2.75, 3.05) is 6.54 Å². The molecule has 0 spiro atoms. The minimum absolute atomic E-state index is 0.0620. The molecule has 6 rings (SSSR count). The smallest absolute Gasteiger partial charge is 0.251 e. The van der Waals surface area contributed by atoms with Crippen LogP contribution in [0.2, 0.25) is 0 Å². The highest BCUT2D eigenvalue weighted by atomic mass is 16.2. The summed E-state index contributed by atoms with van der Waals surface area (Å²) in [7, 11) is 0. The van der Waals surface area contributed by atoms with Gasteiger partial charge >= 0.3 is 0 Å². The molecule has 0 aromatic heterocycles. The van der Waals surface area contributed by atoms with Crippen LogP contribution in [0.3, 0.4) is 0 Å². The number of carbonyl (C=O) groups excluding carboxylic acids is 2. The third-order valence-corrected chi connectivity index (χ3v) is 7.18. The summed E-state index contributed by atoms with van der Waals surface area (Å²) < 4.78 is 0. The maximum absolute atomic E-state index is 12.9. The Balaban J connectivity index is 1.25. The van der Waals surface area contributed by atoms with E-state index in [0.29, 0.717) is 13.0 Å². The first kappa shape index (κ1) is 16.3. The molecule has 4 aliphatic carbocycles. The first-order chi connectivity index (χ1) is 12.6. The summed E-state index contributed by atoms with van der Waals surface area (Å²) in [6.45, 7) is 1.52. The van der Waals surface area contributed by atoms with Gasteiger partial charge in [-0.25, -0.2) is 0 Å². The van der Waals surface area contributed by atoms with Crippen LogP contribution >= 0.6 is 0 Å². The molecule has 1 aliphatic heterocycles. The van der Waals surface area contributed by atoms with Gasteiger partial charge in [0.15, 0.2) is 0 Å². The van der Waals surface area contributed by atoms with Crippen LogP contribution in [-0.2, 0) is 11.3 Å². The van der Waals surface area contributed by atoms with Gasteiger partial charge in [0, 0.05) is 30.6 Å². The zero-order chi connectivity index (χ0) is 17.7. The number of likely N-dealkylation sites (tertiary alicyclic amines) is 1. The van der Waals surface area contributed by atoms with Crippen LogP contribution < -0.4 is 5.32 Å². The number of amides is 2. The molecular weight excluding hydrogens is 324 g/mol. The maximum Gasteiger partial charge on any atom is 0.251 e. The Morgan fingerprint density at radius 2 is 1.65 bits per heavy atom. The number of nitrogens with one attached hydrogen (secondary N) is 1. The lowest BCUT2D eigenvalue weighted by atomic mass is 9.53. The van der Waals surface area contributed by atoms with Crippen LogP contribution in [0.5, 0.6) is 0 Å². The molecular formula is C22H28N2O2. The van der Waals surface area contributed by atoms with Crippen LogP contribution in [0.25, 0.3) is 0 Å². The van der Waals surface area contributed by atoms with Crippen LogP contribution in [0.15, 0.2) is 24.3 Å². The molecule has 1 saturated heterocycles. The first-order valence-electron chi connectivity index (χ1n) is 10.3. The fraction of sp³-hybridized carbons (Fsp3) is 0.636. The van der Waals surface area contributed by atoms with Crippen molar-refractivity contribution in [1.82, 2.24) is 10.2 Å². The number of hydrogen-bond donors (Lipinski definition) is 1. The Morgan fingerprint density at radius 3 is 2.19 bits per heavy atom. The second-order valence-electron chi connectivity index (χ2n) is 9.27. The Labute approximate surface area is 155 Å². The number of hydrogen-bond acceptors (Lipinski definition) is 2. The molecule has 0 radical (unpaired) electrons. The molecule has 2 amide bonds. The predicted octanol–water partition coefficient (Wildman–Crippen LogP) is 3.51. The molecule has 138 valence electrons. The van der Waals surface area contributed by atoms with Crippen LogP contribution in [0.4, 0.5) is 0 Å². The lowest BCUT2D eigenvalue weighted by molar-refractivity contribution is -0.128. The van der Waals surface area contributed by atoms with E-state index in [0.717, 1.165) is 41.8 Å². The molecule has 5 aliphatic rings. The summed E-state index contributed by atoms with van der Waals surface area (Å²) in [4.78, 5) is 26.5. The van der Waals surface area contributed by atoms with Gasteiger partial charge in [-0.05, 0) is 80.4 Å². The van der Waals surface area contributed by atoms with Crippen LogP contribution in [0, 0.1) is 17.8 Å². The highest BCUT2D eigenvalue weighted by Gasteiger charge is 2.51. The summed E-state index contributed by atoms with van der Waals surface area (Å²) in [5.74, 6) is 2.83. The van der Waals surface area contributed by atoms with Gasteiger partial charge in [0.2, 0.25) is 5.91 Å². The summed E-state index contributed by atoms with van der Waals surface area (Å²) in [6, 6.07) is 7.85. The van der Waals surface area contributed by atoms with Gasteiger partial charge in [-0.2, -0.15) is 0 Å². The molecule has 4 bridgehead atoms. The average molecular weight is 352 g/mol. The average Bonchev–Trinajstić information content (AvgIpc) is 2.98. The van der Waals surface area contributed by atoms with Crippen molar-refractivity contribution in [3.8, 4) is 0 Å². The molecule has 1 aromatic rings. The summed E-state index contributed by atoms with van der Waals surface area (Å²) in [6.07, 6.45) is 9.34. The molecule has 0 unspecified atom stereocenters. The van der Waals surface area contributed by atoms with Crippen molar-refractivity contribution >= 4 is 11.8 Å². The Kier molecular flexibility index (Phi) is 3.84. The summed E-state index contributed by atoms with van der Waals surface area (Å²) in [5, 5.41) is 3.44. The van der Waals surface area contributed by atoms with Crippen molar-refractivity contribution < 1.29 is 9.59 Å². The number of rotatable bonds is 4. The van der Waals surface area contributed by atoms with Gasteiger partial charge in [-0.1, -0.05) is 12.1 Å². The quantitative estimate of drug-likeness (QED) is 0.901. The molecule has 4 heteroatoms. The van der Waals surface area contributed by atoms with Gasteiger partial charge in [-0.15, -0.1) is 0 Å². The number of benzene rings is 1. The van der Waals surface area contributed by atoms with Gasteiger partial charge in [0.25, 0.3) is 5.91 Å². The Hall–Kier alpha value is -1.84. The van der Waals surface area contributed by atoms with E-state index in [2.05, 4.69) is 5.32 Å². The van der Waals surface area contributed by atoms with Crippen molar-refractivity contribution in [3.05, 3.63) is 35.4 Å². The second kappa shape index (κ2) is 6.11. The third-order valence-electron chi connectivity index (χ3n) is 7.18. The molecule has 1 heterocycles. The molecule has 1 N–H and O–H groups in total. The van der Waals surface area contributed by atoms with Gasteiger partial charge in [-0.3, -0.25) is 9.59 Å². The molecule has 4 nitrogen and oxygen atoms in total. The minimum Gasteiger partial charge on any atom is -0.347 e. The van der Waals surface area contributed by atoms with Crippen molar-refractivity contribution in [1.29, 1.82) is 0 Å². The molecule has 0 atom stereocenters. The minimum atomic E-state index is 0.0620. The molecule has 1 aromatic carbocycles. The van der Waals surface area contributed by atoms with E-state index in [1.54, 1.807) is 0 Å². The molecule has 4 saturated carbocycles. The van der Waals surface area contributed by atoms with Crippen molar-refractivity contribution in [2.24, 2.45) is 17.8 Å². The predicted molar refractivity (Wildman–Crippen MR) is 99.5 cm³/mol. The normalized spacial score (nSPS) is 35.2. The summed E-state index contributed by atoms with van der Waals surface area (Å²) >= 11 is 0. The fourth-order valence-electron chi connectivity index (χ4n) is 6.43. The highest BCUT2D eigenvalue weighted by Crippen LogP contribution is 2.55. The maximum atomic E-state index is 12.9. The zero-order valence-corrected chi connectivity index (χ0v) is 15.4. The number of carbonyl (C=O) groups is 2. The van der Waals surface area contributed by atoms with Crippen molar-refractivity contribution in [3.63, 3.8) is 0 Å². The monoisotopic (exact) mass is 352 g/mol. The van der Waals surface area contributed by atoms with E-state index in [-0.39, 0.29) is 17.4 Å². The molecule has 5 fully saturated rings. The Bertz CT molecular complexity index is 689. The van der Waals surface area contributed by atoms with E-state index in [9.17, 15) is 9.59 Å². The van der Waals surface area contributed by atoms with Crippen LogP contribution in [-0.4, -0.2) is 28.8 Å². The first-order valence-corrected chi connectivity index (χ1v) is 10.3. The van der Waals surface area contributed by atoms with Crippen LogP contribution in [0.1, 0.15) is 67.3 Å². The molecule has 26 heavy (non-hydrogen) atoms. The van der Waals surface area contributed by atoms with Gasteiger partial charge in [0.1, 0.15) is 0 Å². The van der Waals surface area contributed by atoms with E-state index in [4.69, 9.17) is 0 Å². The highest BCUT2D eigenvalue weighted by molar-refractivity contribution is 5.94. The van der Waals surface area contributed by atoms with E-state index in [1.165, 1.54) is 38.5 Å². The topological polar surface area (TPSA) is 49.4 Å². The number of nitrogens with zero attached hydrogens (tertiary/aromatic N) is 1. The summed E-state index contributed by atoms with van der Waals surface area (Å²) in [5.41, 5.74) is 1.91. The van der Waals surface area contributed by atoms with E-state index < -0.39 is 0 Å². The van der Waals surface area contributed by atoms with Gasteiger partial charge < -0.3 is 10.2 Å². The van der Waals surface area contributed by atoms with E-state index in [1.807, 2.05) is 29.2 Å². The Morgan fingerprint density at radius 1 is 1.04 bits per heavy atom. The SMILES string of the molecule is O=C(NC12CC3CC(CC(C3)C1)C2)c1ccc(CN2CCCC2=O)cc1. The fourth-order valence-corrected chi connectivity index (χ4v) is 6.43. The lowest BCUT2D eigenvalue weighted by Crippen LogP contribution is -2.59.